The Hall–Kier alpha value is -1.46. The van der Waals surface area contributed by atoms with Gasteiger partial charge in [0.05, 0.1) is 21.2 Å². The second-order valence-corrected chi connectivity index (χ2v) is 4.44. The lowest BCUT2D eigenvalue weighted by molar-refractivity contribution is -0.315. The van der Waals surface area contributed by atoms with Crippen LogP contribution in [0.1, 0.15) is 5.01 Å². The molecule has 84 valence electrons. The number of fused-ring (bicyclic) bond motifs is 1. The summed E-state index contributed by atoms with van der Waals surface area (Å²) >= 11 is 1.48. The molecule has 0 spiro atoms. The fourth-order valence-electron chi connectivity index (χ4n) is 1.43. The largest absolute Gasteiger partial charge is 0.547 e. The van der Waals surface area contributed by atoms with Gasteiger partial charge in [-0.25, -0.2) is 4.98 Å². The van der Waals surface area contributed by atoms with Gasteiger partial charge in [-0.1, -0.05) is 12.1 Å². The molecule has 1 aromatic heterocycles. The minimum Gasteiger partial charge on any atom is -0.547 e. The van der Waals surface area contributed by atoms with Crippen molar-refractivity contribution < 1.29 is 14.6 Å². The summed E-state index contributed by atoms with van der Waals surface area (Å²) in [4.78, 5) is 15.0. The third-order valence-electron chi connectivity index (χ3n) is 2.25. The molecule has 0 fully saturated rings. The number of carbonyl (C=O) groups is 1. The minimum absolute atomic E-state index is 0.248. The molecule has 2 rings (SSSR count). The molecule has 16 heavy (non-hydrogen) atoms. The summed E-state index contributed by atoms with van der Waals surface area (Å²) in [5.74, 6) is -1.21. The number of nitrogens with zero attached hydrogens (tertiary/aromatic N) is 1. The fourth-order valence-corrected chi connectivity index (χ4v) is 2.43. The first kappa shape index (κ1) is 11.0. The quantitative estimate of drug-likeness (QED) is 0.780. The van der Waals surface area contributed by atoms with Gasteiger partial charge in [0.1, 0.15) is 6.10 Å². The molecule has 1 aromatic carbocycles. The molecular formula is C11H10NO3S-. The zero-order valence-electron chi connectivity index (χ0n) is 8.67. The maximum atomic E-state index is 10.7. The van der Waals surface area contributed by atoms with Gasteiger partial charge in [0.2, 0.25) is 0 Å². The van der Waals surface area contributed by atoms with Gasteiger partial charge in [0, 0.05) is 13.5 Å². The Morgan fingerprint density at radius 1 is 1.56 bits per heavy atom. The first-order valence-electron chi connectivity index (χ1n) is 4.79. The van der Waals surface area contributed by atoms with Gasteiger partial charge in [-0.15, -0.1) is 11.3 Å². The molecule has 0 aliphatic heterocycles. The Labute approximate surface area is 96.5 Å². The van der Waals surface area contributed by atoms with Crippen LogP contribution in [0.2, 0.25) is 0 Å². The molecule has 0 aliphatic carbocycles. The van der Waals surface area contributed by atoms with E-state index in [1.807, 2.05) is 24.3 Å². The molecule has 0 bridgehead atoms. The van der Waals surface area contributed by atoms with Crippen molar-refractivity contribution in [2.24, 2.45) is 0 Å². The first-order valence-corrected chi connectivity index (χ1v) is 5.60. The van der Waals surface area contributed by atoms with Gasteiger partial charge >= 0.3 is 0 Å². The number of carboxylic acids is 1. The molecule has 1 atom stereocenters. The zero-order chi connectivity index (χ0) is 11.5. The fraction of sp³-hybridized carbons (Fsp3) is 0.273. The second kappa shape index (κ2) is 4.59. The van der Waals surface area contributed by atoms with E-state index in [1.165, 1.54) is 18.4 Å². The van der Waals surface area contributed by atoms with Crippen LogP contribution in [0.25, 0.3) is 10.2 Å². The number of methoxy groups -OCH3 is 1. The molecule has 5 heteroatoms. The molecule has 0 saturated heterocycles. The molecule has 0 N–H and O–H groups in total. The number of benzene rings is 1. The number of para-hydroxylation sites is 1. The highest BCUT2D eigenvalue weighted by Crippen LogP contribution is 2.22. The number of aliphatic carboxylic acids is 1. The van der Waals surface area contributed by atoms with Gasteiger partial charge in [0.15, 0.2) is 0 Å². The topological polar surface area (TPSA) is 62.2 Å². The summed E-state index contributed by atoms with van der Waals surface area (Å²) in [6.07, 6.45) is -0.682. The SMILES string of the molecule is COC(Cc1nc2ccccc2s1)C(=O)[O-]. The summed E-state index contributed by atoms with van der Waals surface area (Å²) in [6, 6.07) is 7.68. The molecule has 2 aromatic rings. The van der Waals surface area contributed by atoms with Crippen LogP contribution in [0.4, 0.5) is 0 Å². The van der Waals surface area contributed by atoms with Crippen LogP contribution in [-0.4, -0.2) is 24.2 Å². The minimum atomic E-state index is -1.21. The number of hydrogen-bond acceptors (Lipinski definition) is 5. The summed E-state index contributed by atoms with van der Waals surface area (Å²) in [5, 5.41) is 11.4. The molecular weight excluding hydrogens is 226 g/mol. The van der Waals surface area contributed by atoms with E-state index in [1.54, 1.807) is 0 Å². The van der Waals surface area contributed by atoms with Crippen LogP contribution in [0.5, 0.6) is 0 Å². The number of thiazole rings is 1. The van der Waals surface area contributed by atoms with Crippen LogP contribution in [0, 0.1) is 0 Å². The lowest BCUT2D eigenvalue weighted by Crippen LogP contribution is -2.38. The standard InChI is InChI=1S/C11H11NO3S/c1-15-8(11(13)14)6-10-12-7-4-2-3-5-9(7)16-10/h2-5,8H,6H2,1H3,(H,13,14)/p-1. The van der Waals surface area contributed by atoms with E-state index in [0.29, 0.717) is 0 Å². The maximum absolute atomic E-state index is 10.7. The average Bonchev–Trinajstić information content (AvgIpc) is 2.67. The molecule has 0 radical (unpaired) electrons. The predicted molar refractivity (Wildman–Crippen MR) is 59.1 cm³/mol. The van der Waals surface area contributed by atoms with Crippen molar-refractivity contribution in [1.29, 1.82) is 0 Å². The first-order chi connectivity index (χ1) is 7.70. The van der Waals surface area contributed by atoms with E-state index in [9.17, 15) is 9.90 Å². The molecule has 0 aliphatic rings. The molecule has 0 amide bonds. The highest BCUT2D eigenvalue weighted by Gasteiger charge is 2.12. The van der Waals surface area contributed by atoms with Crippen molar-refractivity contribution in [3.05, 3.63) is 29.3 Å². The Morgan fingerprint density at radius 2 is 2.31 bits per heavy atom. The van der Waals surface area contributed by atoms with Crippen molar-refractivity contribution >= 4 is 27.5 Å². The van der Waals surface area contributed by atoms with Crippen LogP contribution in [-0.2, 0) is 16.0 Å². The summed E-state index contributed by atoms with van der Waals surface area (Å²) in [5.41, 5.74) is 0.885. The van der Waals surface area contributed by atoms with E-state index in [4.69, 9.17) is 4.74 Å². The maximum Gasteiger partial charge on any atom is 0.103 e. The van der Waals surface area contributed by atoms with Crippen molar-refractivity contribution in [2.45, 2.75) is 12.5 Å². The summed E-state index contributed by atoms with van der Waals surface area (Å²) < 4.78 is 5.86. The van der Waals surface area contributed by atoms with E-state index in [-0.39, 0.29) is 6.42 Å². The van der Waals surface area contributed by atoms with E-state index in [2.05, 4.69) is 4.98 Å². The van der Waals surface area contributed by atoms with Gasteiger partial charge in [0.25, 0.3) is 0 Å². The zero-order valence-corrected chi connectivity index (χ0v) is 9.49. The number of aromatic nitrogens is 1. The predicted octanol–water partition coefficient (Wildman–Crippen LogP) is 0.604. The Kier molecular flexibility index (Phi) is 3.17. The number of carbonyl (C=O) groups excluding carboxylic acids is 1. The molecule has 4 nitrogen and oxygen atoms in total. The van der Waals surface area contributed by atoms with Gasteiger partial charge in [-0.05, 0) is 12.1 Å². The van der Waals surface area contributed by atoms with Crippen molar-refractivity contribution in [2.75, 3.05) is 7.11 Å². The summed E-state index contributed by atoms with van der Waals surface area (Å²) in [6.45, 7) is 0. The Morgan fingerprint density at radius 3 is 2.94 bits per heavy atom. The summed E-state index contributed by atoms with van der Waals surface area (Å²) in [7, 11) is 1.35. The lowest BCUT2D eigenvalue weighted by atomic mass is 10.2. The van der Waals surface area contributed by atoms with Crippen molar-refractivity contribution in [1.82, 2.24) is 4.98 Å². The van der Waals surface area contributed by atoms with Gasteiger partial charge < -0.3 is 14.6 Å². The average molecular weight is 236 g/mol. The number of rotatable bonds is 4. The van der Waals surface area contributed by atoms with Crippen LogP contribution < -0.4 is 5.11 Å². The Balaban J connectivity index is 2.24. The van der Waals surface area contributed by atoms with E-state index >= 15 is 0 Å². The normalized spacial score (nSPS) is 12.8. The van der Waals surface area contributed by atoms with Crippen molar-refractivity contribution in [3.8, 4) is 0 Å². The monoisotopic (exact) mass is 236 g/mol. The highest BCUT2D eigenvalue weighted by atomic mass is 32.1. The highest BCUT2D eigenvalue weighted by molar-refractivity contribution is 7.18. The van der Waals surface area contributed by atoms with E-state index < -0.39 is 12.1 Å². The number of ether oxygens (including phenoxy) is 1. The van der Waals surface area contributed by atoms with Crippen LogP contribution in [0.3, 0.4) is 0 Å². The lowest BCUT2D eigenvalue weighted by Gasteiger charge is -2.13. The molecule has 1 heterocycles. The smallest absolute Gasteiger partial charge is 0.103 e. The number of carboxylic acid groups (broad SMARTS) is 1. The van der Waals surface area contributed by atoms with Gasteiger partial charge in [-0.3, -0.25) is 0 Å². The number of hydrogen-bond donors (Lipinski definition) is 0. The van der Waals surface area contributed by atoms with Crippen LogP contribution >= 0.6 is 11.3 Å². The molecule has 1 unspecified atom stereocenters. The second-order valence-electron chi connectivity index (χ2n) is 3.32. The van der Waals surface area contributed by atoms with Crippen molar-refractivity contribution in [3.63, 3.8) is 0 Å². The third-order valence-corrected chi connectivity index (χ3v) is 3.30. The molecule has 0 saturated carbocycles. The third kappa shape index (κ3) is 2.20. The van der Waals surface area contributed by atoms with Crippen LogP contribution in [0.15, 0.2) is 24.3 Å². The van der Waals surface area contributed by atoms with Gasteiger partial charge in [-0.2, -0.15) is 0 Å². The van der Waals surface area contributed by atoms with E-state index in [0.717, 1.165) is 15.2 Å². The Bertz CT molecular complexity index is 476.